The van der Waals surface area contributed by atoms with Crippen LogP contribution in [0.2, 0.25) is 0 Å². The van der Waals surface area contributed by atoms with Gasteiger partial charge < -0.3 is 0 Å². The van der Waals surface area contributed by atoms with Gasteiger partial charge in [0.2, 0.25) is 5.78 Å². The quantitative estimate of drug-likeness (QED) is 0.541. The Balaban J connectivity index is 2.87. The van der Waals surface area contributed by atoms with E-state index in [2.05, 4.69) is 6.58 Å². The van der Waals surface area contributed by atoms with Crippen molar-refractivity contribution in [2.75, 3.05) is 0 Å². The van der Waals surface area contributed by atoms with Gasteiger partial charge in [0.15, 0.2) is 0 Å². The minimum absolute atomic E-state index is 0.000523. The predicted molar refractivity (Wildman–Crippen MR) is 73.4 cm³/mol. The molecule has 1 aromatic rings. The normalized spacial score (nSPS) is 12.7. The lowest BCUT2D eigenvalue weighted by Gasteiger charge is -2.09. The Labute approximate surface area is 112 Å². The number of carbonyl (C=O) groups is 1. The van der Waals surface area contributed by atoms with E-state index in [1.54, 1.807) is 24.3 Å². The average molecular weight is 262 g/mol. The standard InChI is InChI=1S/C16H16F2O/c1-3-13(4-2)9-8-12-16(17,18)15(19)14-10-6-5-7-11-14/h3,5-12H,1,4H2,2H3/b12-8+,13-9+. The average Bonchev–Trinajstić information content (AvgIpc) is 2.43. The minimum atomic E-state index is -3.50. The van der Waals surface area contributed by atoms with Crippen LogP contribution in [-0.2, 0) is 0 Å². The highest BCUT2D eigenvalue weighted by Gasteiger charge is 2.35. The van der Waals surface area contributed by atoms with Crippen LogP contribution in [-0.4, -0.2) is 11.7 Å². The first-order valence-electron chi connectivity index (χ1n) is 5.99. The fraction of sp³-hybridized carbons (Fsp3) is 0.188. The van der Waals surface area contributed by atoms with E-state index in [1.807, 2.05) is 6.92 Å². The fourth-order valence-electron chi connectivity index (χ4n) is 1.48. The van der Waals surface area contributed by atoms with E-state index >= 15 is 0 Å². The monoisotopic (exact) mass is 262 g/mol. The number of hydrogen-bond donors (Lipinski definition) is 0. The number of hydrogen-bond acceptors (Lipinski definition) is 1. The molecule has 1 rings (SSSR count). The number of ketones is 1. The molecule has 0 heterocycles. The smallest absolute Gasteiger partial charge is 0.287 e. The third-order valence-corrected chi connectivity index (χ3v) is 2.62. The fourth-order valence-corrected chi connectivity index (χ4v) is 1.48. The third kappa shape index (κ3) is 4.28. The molecule has 0 saturated carbocycles. The minimum Gasteiger partial charge on any atom is -0.287 e. The Morgan fingerprint density at radius 1 is 1.32 bits per heavy atom. The van der Waals surface area contributed by atoms with E-state index < -0.39 is 11.7 Å². The molecule has 0 bridgehead atoms. The summed E-state index contributed by atoms with van der Waals surface area (Å²) >= 11 is 0. The molecule has 0 aromatic heterocycles. The second-order valence-corrected chi connectivity index (χ2v) is 3.98. The van der Waals surface area contributed by atoms with Crippen LogP contribution in [0.15, 0.2) is 66.8 Å². The first kappa shape index (κ1) is 15.0. The highest BCUT2D eigenvalue weighted by Crippen LogP contribution is 2.22. The predicted octanol–water partition coefficient (Wildman–Crippen LogP) is 4.58. The summed E-state index contributed by atoms with van der Waals surface area (Å²) < 4.78 is 27.3. The summed E-state index contributed by atoms with van der Waals surface area (Å²) in [5, 5.41) is 0. The van der Waals surface area contributed by atoms with E-state index in [-0.39, 0.29) is 5.56 Å². The largest absolute Gasteiger partial charge is 0.328 e. The van der Waals surface area contributed by atoms with Gasteiger partial charge in [-0.15, -0.1) is 0 Å². The van der Waals surface area contributed by atoms with Gasteiger partial charge in [0.1, 0.15) is 0 Å². The summed E-state index contributed by atoms with van der Waals surface area (Å²) in [6.07, 6.45) is 5.63. The van der Waals surface area contributed by atoms with E-state index in [1.165, 1.54) is 24.3 Å². The molecular formula is C16H16F2O. The number of allylic oxidation sites excluding steroid dienone is 5. The Morgan fingerprint density at radius 2 is 1.95 bits per heavy atom. The molecule has 0 saturated heterocycles. The molecule has 0 aliphatic rings. The second kappa shape index (κ2) is 6.78. The first-order chi connectivity index (χ1) is 9.01. The van der Waals surface area contributed by atoms with Crippen molar-refractivity contribution >= 4 is 5.78 Å². The molecule has 100 valence electrons. The molecule has 0 radical (unpaired) electrons. The molecule has 0 aliphatic heterocycles. The van der Waals surface area contributed by atoms with E-state index in [9.17, 15) is 13.6 Å². The molecular weight excluding hydrogens is 246 g/mol. The SMILES string of the molecule is C=C/C(=C\C=C\C(F)(F)C(=O)c1ccccc1)CC. The Bertz CT molecular complexity index is 499. The molecule has 1 nitrogen and oxygen atoms in total. The second-order valence-electron chi connectivity index (χ2n) is 3.98. The number of rotatable bonds is 6. The molecule has 0 spiro atoms. The van der Waals surface area contributed by atoms with Gasteiger partial charge in [0, 0.05) is 5.56 Å². The van der Waals surface area contributed by atoms with Crippen LogP contribution in [0.25, 0.3) is 0 Å². The first-order valence-corrected chi connectivity index (χ1v) is 5.99. The molecule has 0 unspecified atom stereocenters. The third-order valence-electron chi connectivity index (χ3n) is 2.62. The van der Waals surface area contributed by atoms with Gasteiger partial charge in [0.05, 0.1) is 0 Å². The Hall–Kier alpha value is -2.03. The van der Waals surface area contributed by atoms with Crippen molar-refractivity contribution in [3.63, 3.8) is 0 Å². The van der Waals surface area contributed by atoms with Crippen molar-refractivity contribution in [1.29, 1.82) is 0 Å². The van der Waals surface area contributed by atoms with Crippen molar-refractivity contribution in [3.8, 4) is 0 Å². The lowest BCUT2D eigenvalue weighted by Crippen LogP contribution is -2.25. The lowest BCUT2D eigenvalue weighted by molar-refractivity contribution is 0.0381. The summed E-state index contributed by atoms with van der Waals surface area (Å²) in [5.41, 5.74) is 0.833. The summed E-state index contributed by atoms with van der Waals surface area (Å²) in [4.78, 5) is 11.6. The maximum atomic E-state index is 13.7. The molecule has 0 N–H and O–H groups in total. The number of Topliss-reactive ketones (excluding diaryl/α,β-unsaturated/α-hetero) is 1. The van der Waals surface area contributed by atoms with Gasteiger partial charge in [-0.25, -0.2) is 0 Å². The van der Waals surface area contributed by atoms with Gasteiger partial charge >= 0.3 is 5.92 Å². The van der Waals surface area contributed by atoms with Gasteiger partial charge in [-0.1, -0.05) is 62.1 Å². The van der Waals surface area contributed by atoms with Gasteiger partial charge in [-0.3, -0.25) is 4.79 Å². The number of benzene rings is 1. The molecule has 19 heavy (non-hydrogen) atoms. The van der Waals surface area contributed by atoms with E-state index in [0.717, 1.165) is 5.57 Å². The van der Waals surface area contributed by atoms with Crippen LogP contribution in [0.5, 0.6) is 0 Å². The lowest BCUT2D eigenvalue weighted by atomic mass is 10.0. The molecule has 0 atom stereocenters. The van der Waals surface area contributed by atoms with Crippen molar-refractivity contribution in [2.45, 2.75) is 19.3 Å². The molecule has 1 aromatic carbocycles. The van der Waals surface area contributed by atoms with E-state index in [4.69, 9.17) is 0 Å². The van der Waals surface area contributed by atoms with Crippen molar-refractivity contribution in [2.24, 2.45) is 0 Å². The number of alkyl halides is 2. The molecule has 0 amide bonds. The number of carbonyl (C=O) groups excluding carboxylic acids is 1. The van der Waals surface area contributed by atoms with Crippen LogP contribution < -0.4 is 0 Å². The van der Waals surface area contributed by atoms with Crippen molar-refractivity contribution in [3.05, 3.63) is 72.4 Å². The topological polar surface area (TPSA) is 17.1 Å². The molecule has 0 fully saturated rings. The Morgan fingerprint density at radius 3 is 2.47 bits per heavy atom. The molecule has 3 heteroatoms. The highest BCUT2D eigenvalue weighted by atomic mass is 19.3. The van der Waals surface area contributed by atoms with Crippen molar-refractivity contribution in [1.82, 2.24) is 0 Å². The molecule has 0 aliphatic carbocycles. The summed E-state index contributed by atoms with van der Waals surface area (Å²) in [7, 11) is 0. The maximum absolute atomic E-state index is 13.7. The van der Waals surface area contributed by atoms with Gasteiger partial charge in [0.25, 0.3) is 0 Å². The summed E-state index contributed by atoms with van der Waals surface area (Å²) in [5.74, 6) is -4.70. The highest BCUT2D eigenvalue weighted by molar-refractivity contribution is 6.02. The Kier molecular flexibility index (Phi) is 5.37. The van der Waals surface area contributed by atoms with Crippen LogP contribution in [0.1, 0.15) is 23.7 Å². The zero-order valence-corrected chi connectivity index (χ0v) is 10.8. The number of halogens is 2. The summed E-state index contributed by atoms with van der Waals surface area (Å²) in [6, 6.07) is 7.53. The van der Waals surface area contributed by atoms with Gasteiger partial charge in [-0.05, 0) is 18.1 Å². The van der Waals surface area contributed by atoms with Gasteiger partial charge in [-0.2, -0.15) is 8.78 Å². The maximum Gasteiger partial charge on any atom is 0.328 e. The summed E-state index contributed by atoms with van der Waals surface area (Å²) in [6.45, 7) is 5.47. The van der Waals surface area contributed by atoms with Crippen LogP contribution >= 0.6 is 0 Å². The van der Waals surface area contributed by atoms with Crippen LogP contribution in [0, 0.1) is 0 Å². The zero-order chi connectivity index (χ0) is 14.3. The van der Waals surface area contributed by atoms with E-state index in [0.29, 0.717) is 12.5 Å². The zero-order valence-electron chi connectivity index (χ0n) is 10.8. The van der Waals surface area contributed by atoms with Crippen LogP contribution in [0.3, 0.4) is 0 Å². The van der Waals surface area contributed by atoms with Crippen LogP contribution in [0.4, 0.5) is 8.78 Å². The van der Waals surface area contributed by atoms with Crippen molar-refractivity contribution < 1.29 is 13.6 Å².